The number of nitrogens with zero attached hydrogens (tertiary/aromatic N) is 2. The van der Waals surface area contributed by atoms with Crippen molar-refractivity contribution in [1.82, 2.24) is 15.1 Å². The number of aliphatic hydroxyl groups is 1. The number of hydrogen-bond acceptors (Lipinski definition) is 3. The van der Waals surface area contributed by atoms with Gasteiger partial charge in [0.1, 0.15) is 6.17 Å². The standard InChI is InChI=1S/C10H17N3O/c14-6-2-3-9-7-12-13(8-9)10-4-1-5-11-10/h7-8,10-11,14H,1-6H2. The van der Waals surface area contributed by atoms with Gasteiger partial charge in [-0.3, -0.25) is 10.00 Å². The van der Waals surface area contributed by atoms with Crippen molar-refractivity contribution >= 4 is 0 Å². The highest BCUT2D eigenvalue weighted by molar-refractivity contribution is 5.04. The van der Waals surface area contributed by atoms with Gasteiger partial charge in [-0.25, -0.2) is 0 Å². The van der Waals surface area contributed by atoms with Crippen LogP contribution in [0.5, 0.6) is 0 Å². The van der Waals surface area contributed by atoms with Crippen molar-refractivity contribution in [1.29, 1.82) is 0 Å². The van der Waals surface area contributed by atoms with Crippen molar-refractivity contribution in [2.75, 3.05) is 13.2 Å². The molecule has 14 heavy (non-hydrogen) atoms. The van der Waals surface area contributed by atoms with Crippen molar-refractivity contribution in [3.63, 3.8) is 0 Å². The first-order valence-corrected chi connectivity index (χ1v) is 5.27. The molecule has 4 heteroatoms. The molecule has 0 radical (unpaired) electrons. The number of rotatable bonds is 4. The van der Waals surface area contributed by atoms with Crippen LogP contribution >= 0.6 is 0 Å². The molecule has 0 aromatic carbocycles. The average molecular weight is 195 g/mol. The van der Waals surface area contributed by atoms with Crippen LogP contribution in [0.3, 0.4) is 0 Å². The minimum absolute atomic E-state index is 0.257. The summed E-state index contributed by atoms with van der Waals surface area (Å²) in [5, 5.41) is 16.4. The lowest BCUT2D eigenvalue weighted by Crippen LogP contribution is -2.20. The molecule has 1 atom stereocenters. The van der Waals surface area contributed by atoms with Gasteiger partial charge in [0, 0.05) is 12.8 Å². The highest BCUT2D eigenvalue weighted by Gasteiger charge is 2.16. The van der Waals surface area contributed by atoms with E-state index in [0.29, 0.717) is 6.17 Å². The summed E-state index contributed by atoms with van der Waals surface area (Å²) in [5.74, 6) is 0. The Morgan fingerprint density at radius 1 is 1.64 bits per heavy atom. The van der Waals surface area contributed by atoms with Gasteiger partial charge in [0.2, 0.25) is 0 Å². The zero-order valence-electron chi connectivity index (χ0n) is 8.32. The van der Waals surface area contributed by atoms with E-state index in [-0.39, 0.29) is 6.61 Å². The van der Waals surface area contributed by atoms with E-state index in [4.69, 9.17) is 5.11 Å². The molecule has 1 fully saturated rings. The third kappa shape index (κ3) is 2.13. The van der Waals surface area contributed by atoms with Crippen molar-refractivity contribution in [3.8, 4) is 0 Å². The van der Waals surface area contributed by atoms with E-state index in [2.05, 4.69) is 16.6 Å². The largest absolute Gasteiger partial charge is 0.396 e. The normalized spacial score (nSPS) is 21.6. The Morgan fingerprint density at radius 2 is 2.57 bits per heavy atom. The summed E-state index contributed by atoms with van der Waals surface area (Å²) in [6, 6.07) is 0. The number of aromatic nitrogens is 2. The molecular formula is C10H17N3O. The fourth-order valence-electron chi connectivity index (χ4n) is 1.85. The summed E-state index contributed by atoms with van der Waals surface area (Å²) in [4.78, 5) is 0. The Balaban J connectivity index is 1.94. The number of aryl methyl sites for hydroxylation is 1. The van der Waals surface area contributed by atoms with Crippen LogP contribution in [-0.2, 0) is 6.42 Å². The second-order valence-corrected chi connectivity index (χ2v) is 3.77. The molecule has 1 aromatic rings. The van der Waals surface area contributed by atoms with Crippen molar-refractivity contribution in [3.05, 3.63) is 18.0 Å². The van der Waals surface area contributed by atoms with Gasteiger partial charge in [-0.15, -0.1) is 0 Å². The van der Waals surface area contributed by atoms with E-state index in [1.165, 1.54) is 18.4 Å². The van der Waals surface area contributed by atoms with Gasteiger partial charge < -0.3 is 5.11 Å². The molecule has 0 aliphatic carbocycles. The number of hydrogen-bond donors (Lipinski definition) is 2. The lowest BCUT2D eigenvalue weighted by Gasteiger charge is -2.09. The Hall–Kier alpha value is -0.870. The number of nitrogens with one attached hydrogen (secondary N) is 1. The molecule has 1 saturated heterocycles. The molecule has 0 spiro atoms. The van der Waals surface area contributed by atoms with Crippen molar-refractivity contribution in [2.45, 2.75) is 31.8 Å². The maximum Gasteiger partial charge on any atom is 0.101 e. The van der Waals surface area contributed by atoms with Crippen LogP contribution in [0.25, 0.3) is 0 Å². The summed E-state index contributed by atoms with van der Waals surface area (Å²) in [6.45, 7) is 1.35. The van der Waals surface area contributed by atoms with Crippen LogP contribution in [0.2, 0.25) is 0 Å². The van der Waals surface area contributed by atoms with E-state index in [1.54, 1.807) is 0 Å². The second kappa shape index (κ2) is 4.57. The molecule has 0 saturated carbocycles. The summed E-state index contributed by atoms with van der Waals surface area (Å²) >= 11 is 0. The zero-order chi connectivity index (χ0) is 9.80. The van der Waals surface area contributed by atoms with Crippen LogP contribution in [0.1, 0.15) is 31.0 Å². The van der Waals surface area contributed by atoms with Crippen LogP contribution in [0.4, 0.5) is 0 Å². The van der Waals surface area contributed by atoms with Gasteiger partial charge in [-0.2, -0.15) is 5.10 Å². The first-order chi connectivity index (χ1) is 6.90. The first-order valence-electron chi connectivity index (χ1n) is 5.27. The van der Waals surface area contributed by atoms with Crippen LogP contribution in [0.15, 0.2) is 12.4 Å². The first kappa shape index (κ1) is 9.68. The molecule has 0 bridgehead atoms. The van der Waals surface area contributed by atoms with Crippen LogP contribution in [-0.4, -0.2) is 28.0 Å². The van der Waals surface area contributed by atoms with E-state index < -0.39 is 0 Å². The van der Waals surface area contributed by atoms with E-state index in [1.807, 2.05) is 10.9 Å². The van der Waals surface area contributed by atoms with Crippen molar-refractivity contribution in [2.24, 2.45) is 0 Å². The Labute approximate surface area is 83.9 Å². The second-order valence-electron chi connectivity index (χ2n) is 3.77. The smallest absolute Gasteiger partial charge is 0.101 e. The monoisotopic (exact) mass is 195 g/mol. The molecule has 1 unspecified atom stereocenters. The Kier molecular flexibility index (Phi) is 3.16. The maximum atomic E-state index is 8.71. The maximum absolute atomic E-state index is 8.71. The summed E-state index contributed by atoms with van der Waals surface area (Å²) in [5.41, 5.74) is 1.22. The van der Waals surface area contributed by atoms with E-state index in [0.717, 1.165) is 19.4 Å². The average Bonchev–Trinajstić information content (AvgIpc) is 2.85. The zero-order valence-corrected chi connectivity index (χ0v) is 8.32. The van der Waals surface area contributed by atoms with Crippen molar-refractivity contribution < 1.29 is 5.11 Å². The summed E-state index contributed by atoms with van der Waals surface area (Å²) in [7, 11) is 0. The minimum Gasteiger partial charge on any atom is -0.396 e. The Bertz CT molecular complexity index is 279. The van der Waals surface area contributed by atoms with Gasteiger partial charge >= 0.3 is 0 Å². The lowest BCUT2D eigenvalue weighted by atomic mass is 10.2. The lowest BCUT2D eigenvalue weighted by molar-refractivity contribution is 0.288. The van der Waals surface area contributed by atoms with Gasteiger partial charge in [0.05, 0.1) is 6.20 Å². The molecule has 2 heterocycles. The predicted molar refractivity (Wildman–Crippen MR) is 53.9 cm³/mol. The van der Waals surface area contributed by atoms with E-state index in [9.17, 15) is 0 Å². The third-order valence-electron chi connectivity index (χ3n) is 2.63. The fraction of sp³-hybridized carbons (Fsp3) is 0.700. The molecule has 2 rings (SSSR count). The molecule has 0 amide bonds. The molecule has 1 aromatic heterocycles. The quantitative estimate of drug-likeness (QED) is 0.743. The van der Waals surface area contributed by atoms with E-state index >= 15 is 0 Å². The summed E-state index contributed by atoms with van der Waals surface area (Å²) in [6.07, 6.45) is 8.51. The highest BCUT2D eigenvalue weighted by Crippen LogP contribution is 2.16. The van der Waals surface area contributed by atoms with Gasteiger partial charge in [-0.05, 0) is 37.8 Å². The minimum atomic E-state index is 0.257. The van der Waals surface area contributed by atoms with Crippen LogP contribution in [0, 0.1) is 0 Å². The molecule has 78 valence electrons. The molecule has 2 N–H and O–H groups in total. The highest BCUT2D eigenvalue weighted by atomic mass is 16.2. The van der Waals surface area contributed by atoms with Gasteiger partial charge in [0.15, 0.2) is 0 Å². The molecule has 1 aliphatic rings. The van der Waals surface area contributed by atoms with Gasteiger partial charge in [0.25, 0.3) is 0 Å². The number of aliphatic hydroxyl groups excluding tert-OH is 1. The predicted octanol–water partition coefficient (Wildman–Crippen LogP) is 0.690. The topological polar surface area (TPSA) is 50.1 Å². The molecule has 1 aliphatic heterocycles. The van der Waals surface area contributed by atoms with Gasteiger partial charge in [-0.1, -0.05) is 0 Å². The molecule has 4 nitrogen and oxygen atoms in total. The fourth-order valence-corrected chi connectivity index (χ4v) is 1.85. The molecular weight excluding hydrogens is 178 g/mol. The summed E-state index contributed by atoms with van der Waals surface area (Å²) < 4.78 is 2.00. The Morgan fingerprint density at radius 3 is 3.29 bits per heavy atom. The van der Waals surface area contributed by atoms with Crippen LogP contribution < -0.4 is 5.32 Å². The SMILES string of the molecule is OCCCc1cnn(C2CCCN2)c1. The third-order valence-corrected chi connectivity index (χ3v) is 2.63.